The predicted molar refractivity (Wildman–Crippen MR) is 98.0 cm³/mol. The van der Waals surface area contributed by atoms with Crippen LogP contribution in [0, 0.1) is 0 Å². The number of carbonyl (C=O) groups is 2. The van der Waals surface area contributed by atoms with Gasteiger partial charge in [0.25, 0.3) is 5.91 Å². The van der Waals surface area contributed by atoms with Crippen molar-refractivity contribution in [2.24, 2.45) is 0 Å². The second-order valence-electron chi connectivity index (χ2n) is 5.92. The Morgan fingerprint density at radius 2 is 2.26 bits per heavy atom. The topological polar surface area (TPSA) is 115 Å². The molecule has 1 aliphatic heterocycles. The molecule has 1 aromatic heterocycles. The second kappa shape index (κ2) is 8.87. The van der Waals surface area contributed by atoms with Crippen LogP contribution in [0.4, 0.5) is 0 Å². The van der Waals surface area contributed by atoms with E-state index < -0.39 is 11.8 Å². The van der Waals surface area contributed by atoms with E-state index in [0.29, 0.717) is 24.1 Å². The zero-order valence-corrected chi connectivity index (χ0v) is 15.6. The van der Waals surface area contributed by atoms with Crippen LogP contribution in [-0.2, 0) is 16.1 Å². The van der Waals surface area contributed by atoms with Crippen LogP contribution in [0.15, 0.2) is 34.2 Å². The van der Waals surface area contributed by atoms with E-state index in [1.807, 2.05) is 0 Å². The van der Waals surface area contributed by atoms with E-state index >= 15 is 0 Å². The first-order valence-electron chi connectivity index (χ1n) is 8.45. The Kier molecular flexibility index (Phi) is 6.30. The van der Waals surface area contributed by atoms with E-state index in [4.69, 9.17) is 9.47 Å². The van der Waals surface area contributed by atoms with Crippen LogP contribution < -0.4 is 15.7 Å². The Hall–Kier alpha value is -2.59. The fourth-order valence-electron chi connectivity index (χ4n) is 2.76. The SMILES string of the molecule is COc1ccccc1C(=O)NC(=O)CSc1n[nH]c(=O)n1C[C@@H]1CCCO1. The Balaban J connectivity index is 1.58. The molecule has 0 aliphatic carbocycles. The standard InChI is InChI=1S/C17H20N4O5S/c1-25-13-7-3-2-6-12(13)15(23)18-14(22)10-27-17-20-19-16(24)21(17)9-11-5-4-8-26-11/h2-3,6-7,11H,4-5,8-10H2,1H3,(H,19,24)(H,18,22,23)/t11-/m0/s1. The predicted octanol–water partition coefficient (Wildman–Crippen LogP) is 0.808. The molecule has 0 radical (unpaired) electrons. The van der Waals surface area contributed by atoms with Crippen molar-refractivity contribution in [3.63, 3.8) is 0 Å². The van der Waals surface area contributed by atoms with Gasteiger partial charge in [0.15, 0.2) is 5.16 Å². The molecule has 27 heavy (non-hydrogen) atoms. The number of hydrogen-bond acceptors (Lipinski definition) is 7. The number of nitrogens with zero attached hydrogens (tertiary/aromatic N) is 2. The first-order chi connectivity index (χ1) is 13.1. The van der Waals surface area contributed by atoms with Crippen molar-refractivity contribution in [3.8, 4) is 5.75 Å². The van der Waals surface area contributed by atoms with Crippen LogP contribution in [0.3, 0.4) is 0 Å². The molecule has 9 nitrogen and oxygen atoms in total. The van der Waals surface area contributed by atoms with E-state index in [-0.39, 0.29) is 23.1 Å². The third-order valence-corrected chi connectivity index (χ3v) is 5.05. The zero-order valence-electron chi connectivity index (χ0n) is 14.8. The third-order valence-electron chi connectivity index (χ3n) is 4.07. The number of rotatable bonds is 7. The van der Waals surface area contributed by atoms with Crippen LogP contribution >= 0.6 is 11.8 Å². The maximum atomic E-state index is 12.2. The molecular formula is C17H20N4O5S. The lowest BCUT2D eigenvalue weighted by molar-refractivity contribution is -0.117. The highest BCUT2D eigenvalue weighted by Crippen LogP contribution is 2.19. The number of hydrogen-bond donors (Lipinski definition) is 2. The molecule has 2 heterocycles. The minimum absolute atomic E-state index is 0.0272. The van der Waals surface area contributed by atoms with Crippen LogP contribution in [0.1, 0.15) is 23.2 Å². The van der Waals surface area contributed by atoms with Crippen molar-refractivity contribution < 1.29 is 19.1 Å². The van der Waals surface area contributed by atoms with Gasteiger partial charge in [-0.05, 0) is 25.0 Å². The van der Waals surface area contributed by atoms with Crippen LogP contribution in [-0.4, -0.2) is 52.2 Å². The average molecular weight is 392 g/mol. The van der Waals surface area contributed by atoms with E-state index in [0.717, 1.165) is 24.6 Å². The molecule has 1 fully saturated rings. The minimum atomic E-state index is -0.545. The number of aromatic amines is 1. The van der Waals surface area contributed by atoms with Gasteiger partial charge in [-0.2, -0.15) is 0 Å². The Labute approximate surface area is 159 Å². The van der Waals surface area contributed by atoms with Crippen molar-refractivity contribution in [1.82, 2.24) is 20.1 Å². The molecule has 0 spiro atoms. The number of nitrogens with one attached hydrogen (secondary N) is 2. The summed E-state index contributed by atoms with van der Waals surface area (Å²) in [5.41, 5.74) is -0.0769. The number of ether oxygens (including phenoxy) is 2. The first kappa shape index (κ1) is 19.2. The molecule has 2 amide bonds. The summed E-state index contributed by atoms with van der Waals surface area (Å²) in [6, 6.07) is 6.63. The molecule has 1 aromatic carbocycles. The van der Waals surface area contributed by atoms with Gasteiger partial charge < -0.3 is 9.47 Å². The number of amides is 2. The number of para-hydroxylation sites is 1. The fourth-order valence-corrected chi connectivity index (χ4v) is 3.51. The Morgan fingerprint density at radius 3 is 3.00 bits per heavy atom. The lowest BCUT2D eigenvalue weighted by Gasteiger charge is -2.11. The molecule has 0 unspecified atom stereocenters. The van der Waals surface area contributed by atoms with Crippen LogP contribution in [0.5, 0.6) is 5.75 Å². The highest BCUT2D eigenvalue weighted by atomic mass is 32.2. The van der Waals surface area contributed by atoms with Gasteiger partial charge in [-0.1, -0.05) is 23.9 Å². The number of thioether (sulfide) groups is 1. The summed E-state index contributed by atoms with van der Waals surface area (Å²) < 4.78 is 12.1. The molecule has 0 bridgehead atoms. The van der Waals surface area contributed by atoms with Gasteiger partial charge in [-0.25, -0.2) is 9.89 Å². The lowest BCUT2D eigenvalue weighted by atomic mass is 10.2. The summed E-state index contributed by atoms with van der Waals surface area (Å²) in [7, 11) is 1.45. The lowest BCUT2D eigenvalue weighted by Crippen LogP contribution is -2.32. The molecule has 1 saturated heterocycles. The molecule has 2 N–H and O–H groups in total. The zero-order chi connectivity index (χ0) is 19.2. The van der Waals surface area contributed by atoms with Gasteiger partial charge >= 0.3 is 5.69 Å². The number of methoxy groups -OCH3 is 1. The van der Waals surface area contributed by atoms with Crippen molar-refractivity contribution >= 4 is 23.6 Å². The summed E-state index contributed by atoms with van der Waals surface area (Å²) in [6.07, 6.45) is 1.82. The summed E-state index contributed by atoms with van der Waals surface area (Å²) in [5.74, 6) is -0.712. The van der Waals surface area contributed by atoms with Crippen LogP contribution in [0.25, 0.3) is 0 Å². The Bertz CT molecular complexity index is 872. The smallest absolute Gasteiger partial charge is 0.344 e. The van der Waals surface area contributed by atoms with Crippen LogP contribution in [0.2, 0.25) is 0 Å². The molecule has 3 rings (SSSR count). The molecule has 1 atom stereocenters. The second-order valence-corrected chi connectivity index (χ2v) is 6.87. The summed E-state index contributed by atoms with van der Waals surface area (Å²) in [5, 5.41) is 9.02. The number of aromatic nitrogens is 3. The van der Waals surface area contributed by atoms with Gasteiger partial charge in [-0.15, -0.1) is 5.10 Å². The molecular weight excluding hydrogens is 372 g/mol. The number of carbonyl (C=O) groups excluding carboxylic acids is 2. The quantitative estimate of drug-likeness (QED) is 0.670. The van der Waals surface area contributed by atoms with E-state index in [2.05, 4.69) is 15.5 Å². The van der Waals surface area contributed by atoms with Crippen molar-refractivity contribution in [1.29, 1.82) is 0 Å². The highest BCUT2D eigenvalue weighted by Gasteiger charge is 2.21. The van der Waals surface area contributed by atoms with E-state index in [1.165, 1.54) is 11.7 Å². The number of benzene rings is 1. The highest BCUT2D eigenvalue weighted by molar-refractivity contribution is 7.99. The van der Waals surface area contributed by atoms with Gasteiger partial charge in [-0.3, -0.25) is 19.5 Å². The van der Waals surface area contributed by atoms with Gasteiger partial charge in [0, 0.05) is 6.61 Å². The monoisotopic (exact) mass is 392 g/mol. The first-order valence-corrected chi connectivity index (χ1v) is 9.44. The minimum Gasteiger partial charge on any atom is -0.496 e. The van der Waals surface area contributed by atoms with Gasteiger partial charge in [0.05, 0.1) is 31.1 Å². The molecule has 144 valence electrons. The molecule has 0 saturated carbocycles. The average Bonchev–Trinajstić information content (AvgIpc) is 3.31. The molecule has 1 aliphatic rings. The molecule has 10 heteroatoms. The van der Waals surface area contributed by atoms with Gasteiger partial charge in [0.1, 0.15) is 5.75 Å². The number of H-pyrrole nitrogens is 1. The van der Waals surface area contributed by atoms with E-state index in [1.54, 1.807) is 24.3 Å². The Morgan fingerprint density at radius 1 is 1.44 bits per heavy atom. The van der Waals surface area contributed by atoms with Crippen molar-refractivity contribution in [3.05, 3.63) is 40.3 Å². The third kappa shape index (κ3) is 4.77. The number of imide groups is 1. The van der Waals surface area contributed by atoms with Gasteiger partial charge in [0.2, 0.25) is 5.91 Å². The molecule has 2 aromatic rings. The van der Waals surface area contributed by atoms with Crippen molar-refractivity contribution in [2.75, 3.05) is 19.5 Å². The largest absolute Gasteiger partial charge is 0.496 e. The van der Waals surface area contributed by atoms with E-state index in [9.17, 15) is 14.4 Å². The maximum Gasteiger partial charge on any atom is 0.344 e. The normalized spacial score (nSPS) is 16.3. The summed E-state index contributed by atoms with van der Waals surface area (Å²) in [6.45, 7) is 1.08. The summed E-state index contributed by atoms with van der Waals surface area (Å²) in [4.78, 5) is 36.3. The fraction of sp³-hybridized carbons (Fsp3) is 0.412. The summed E-state index contributed by atoms with van der Waals surface area (Å²) >= 11 is 1.08. The maximum absolute atomic E-state index is 12.2. The van der Waals surface area contributed by atoms with Crippen molar-refractivity contribution in [2.45, 2.75) is 30.6 Å².